The van der Waals surface area contributed by atoms with E-state index in [1.807, 2.05) is 13.0 Å². The van der Waals surface area contributed by atoms with Crippen LogP contribution in [0.1, 0.15) is 31.7 Å². The van der Waals surface area contributed by atoms with Crippen molar-refractivity contribution in [1.29, 1.82) is 0 Å². The number of nitrogen functional groups attached to an aromatic ring is 1. The van der Waals surface area contributed by atoms with Crippen molar-refractivity contribution >= 4 is 45.6 Å². The summed E-state index contributed by atoms with van der Waals surface area (Å²) in [4.78, 5) is 11.7. The number of aryl methyl sites for hydroxylation is 1. The summed E-state index contributed by atoms with van der Waals surface area (Å²) in [5, 5.41) is 2.76. The van der Waals surface area contributed by atoms with E-state index in [0.717, 1.165) is 29.3 Å². The summed E-state index contributed by atoms with van der Waals surface area (Å²) < 4.78 is 6.19. The Balaban J connectivity index is 0.00000361. The van der Waals surface area contributed by atoms with E-state index in [4.69, 9.17) is 10.5 Å². The molecule has 1 rings (SSSR count). The average Bonchev–Trinajstić information content (AvgIpc) is 2.35. The molecular formula is C14H22BrClN2O2. The Morgan fingerprint density at radius 2 is 2.10 bits per heavy atom. The Labute approximate surface area is 135 Å². The molecule has 1 aromatic rings. The molecule has 0 radical (unpaired) electrons. The molecule has 4 nitrogen and oxygen atoms in total. The van der Waals surface area contributed by atoms with Gasteiger partial charge in [0.15, 0.2) is 0 Å². The van der Waals surface area contributed by atoms with E-state index < -0.39 is 0 Å². The van der Waals surface area contributed by atoms with Crippen LogP contribution in [0, 0.1) is 6.92 Å². The van der Waals surface area contributed by atoms with Crippen molar-refractivity contribution in [3.8, 4) is 0 Å². The van der Waals surface area contributed by atoms with Crippen LogP contribution in [-0.2, 0) is 9.53 Å². The van der Waals surface area contributed by atoms with Crippen LogP contribution in [0.4, 0.5) is 11.4 Å². The summed E-state index contributed by atoms with van der Waals surface area (Å²) >= 11 is 3.38. The van der Waals surface area contributed by atoms with Crippen LogP contribution >= 0.6 is 28.3 Å². The molecule has 114 valence electrons. The molecule has 0 unspecified atom stereocenters. The minimum atomic E-state index is -0.180. The topological polar surface area (TPSA) is 64.3 Å². The maximum Gasteiger partial charge on any atom is 0.250 e. The number of halogens is 2. The first-order valence-corrected chi connectivity index (χ1v) is 7.27. The molecule has 0 fully saturated rings. The fourth-order valence-corrected chi connectivity index (χ4v) is 2.24. The third-order valence-electron chi connectivity index (χ3n) is 2.75. The summed E-state index contributed by atoms with van der Waals surface area (Å²) in [5.74, 6) is -0.180. The van der Waals surface area contributed by atoms with Crippen molar-refractivity contribution < 1.29 is 9.53 Å². The lowest BCUT2D eigenvalue weighted by atomic mass is 10.2. The van der Waals surface area contributed by atoms with Gasteiger partial charge in [-0.15, -0.1) is 12.4 Å². The van der Waals surface area contributed by atoms with Crippen LogP contribution in [0.25, 0.3) is 0 Å². The number of anilines is 2. The molecule has 0 spiro atoms. The van der Waals surface area contributed by atoms with Crippen LogP contribution in [0.15, 0.2) is 16.6 Å². The van der Waals surface area contributed by atoms with Crippen LogP contribution in [0.3, 0.4) is 0 Å². The molecule has 0 aliphatic heterocycles. The number of rotatable bonds is 7. The molecular weight excluding hydrogens is 344 g/mol. The average molecular weight is 366 g/mol. The number of benzene rings is 1. The number of nitrogens with two attached hydrogens (primary N) is 1. The lowest BCUT2D eigenvalue weighted by Gasteiger charge is -2.11. The fraction of sp³-hybridized carbons (Fsp3) is 0.500. The molecule has 6 heteroatoms. The SMILES string of the molecule is CCCCCOCC(=O)Nc1cc(Br)cc(C)c1N.Cl. The Bertz CT molecular complexity index is 441. The van der Waals surface area contributed by atoms with Gasteiger partial charge < -0.3 is 15.8 Å². The molecule has 0 heterocycles. The summed E-state index contributed by atoms with van der Waals surface area (Å²) in [6, 6.07) is 3.70. The van der Waals surface area contributed by atoms with E-state index in [2.05, 4.69) is 28.2 Å². The first kappa shape index (κ1) is 19.2. The zero-order valence-electron chi connectivity index (χ0n) is 11.9. The number of hydrogen-bond acceptors (Lipinski definition) is 3. The second kappa shape index (κ2) is 10.0. The van der Waals surface area contributed by atoms with Gasteiger partial charge in [-0.25, -0.2) is 0 Å². The van der Waals surface area contributed by atoms with Crippen molar-refractivity contribution in [2.75, 3.05) is 24.3 Å². The van der Waals surface area contributed by atoms with E-state index in [-0.39, 0.29) is 24.9 Å². The first-order valence-electron chi connectivity index (χ1n) is 6.47. The zero-order chi connectivity index (χ0) is 14.3. The minimum absolute atomic E-state index is 0. The monoisotopic (exact) mass is 364 g/mol. The predicted molar refractivity (Wildman–Crippen MR) is 89.5 cm³/mol. The Morgan fingerprint density at radius 1 is 1.40 bits per heavy atom. The Morgan fingerprint density at radius 3 is 2.75 bits per heavy atom. The predicted octanol–water partition coefficient (Wildman–Crippen LogP) is 3.91. The lowest BCUT2D eigenvalue weighted by Crippen LogP contribution is -2.19. The summed E-state index contributed by atoms with van der Waals surface area (Å²) in [6.07, 6.45) is 3.25. The standard InChI is InChI=1S/C14H21BrN2O2.ClH/c1-3-4-5-6-19-9-13(18)17-12-8-11(15)7-10(2)14(12)16;/h7-8H,3-6,9,16H2,1-2H3,(H,17,18);1H. The maximum absolute atomic E-state index is 11.7. The number of hydrogen-bond donors (Lipinski definition) is 2. The highest BCUT2D eigenvalue weighted by Gasteiger charge is 2.08. The molecule has 0 aromatic heterocycles. The molecule has 0 aliphatic rings. The minimum Gasteiger partial charge on any atom is -0.397 e. The molecule has 0 saturated heterocycles. The highest BCUT2D eigenvalue weighted by molar-refractivity contribution is 9.10. The molecule has 0 bridgehead atoms. The van der Waals surface area contributed by atoms with E-state index in [9.17, 15) is 4.79 Å². The molecule has 3 N–H and O–H groups in total. The molecule has 1 aromatic carbocycles. The van der Waals surface area contributed by atoms with Gasteiger partial charge in [0.1, 0.15) is 6.61 Å². The quantitative estimate of drug-likeness (QED) is 0.569. The first-order chi connectivity index (χ1) is 9.04. The van der Waals surface area contributed by atoms with Gasteiger partial charge in [-0.05, 0) is 31.0 Å². The molecule has 20 heavy (non-hydrogen) atoms. The number of amides is 1. The second-order valence-electron chi connectivity index (χ2n) is 4.49. The van der Waals surface area contributed by atoms with Crippen LogP contribution in [0.2, 0.25) is 0 Å². The largest absolute Gasteiger partial charge is 0.397 e. The molecule has 0 atom stereocenters. The summed E-state index contributed by atoms with van der Waals surface area (Å²) in [7, 11) is 0. The van der Waals surface area contributed by atoms with Gasteiger partial charge >= 0.3 is 0 Å². The van der Waals surface area contributed by atoms with Gasteiger partial charge in [0.25, 0.3) is 0 Å². The molecule has 0 saturated carbocycles. The Hall–Kier alpha value is -0.780. The number of carbonyl (C=O) groups is 1. The van der Waals surface area contributed by atoms with Crippen molar-refractivity contribution in [3.05, 3.63) is 22.2 Å². The lowest BCUT2D eigenvalue weighted by molar-refractivity contribution is -0.120. The summed E-state index contributed by atoms with van der Waals surface area (Å²) in [5.41, 5.74) is 8.05. The second-order valence-corrected chi connectivity index (χ2v) is 5.41. The van der Waals surface area contributed by atoms with E-state index in [1.54, 1.807) is 6.07 Å². The van der Waals surface area contributed by atoms with Crippen LogP contribution < -0.4 is 11.1 Å². The number of unbranched alkanes of at least 4 members (excludes halogenated alkanes) is 2. The fourth-order valence-electron chi connectivity index (χ4n) is 1.66. The van der Waals surface area contributed by atoms with E-state index in [1.165, 1.54) is 0 Å². The van der Waals surface area contributed by atoms with Gasteiger partial charge in [-0.2, -0.15) is 0 Å². The number of nitrogens with one attached hydrogen (secondary N) is 1. The number of carbonyl (C=O) groups excluding carboxylic acids is 1. The highest BCUT2D eigenvalue weighted by atomic mass is 79.9. The highest BCUT2D eigenvalue weighted by Crippen LogP contribution is 2.27. The molecule has 1 amide bonds. The van der Waals surface area contributed by atoms with E-state index >= 15 is 0 Å². The van der Waals surface area contributed by atoms with E-state index in [0.29, 0.717) is 18.0 Å². The third kappa shape index (κ3) is 6.59. The normalized spacial score (nSPS) is 9.95. The van der Waals surface area contributed by atoms with Gasteiger partial charge in [-0.3, -0.25) is 4.79 Å². The molecule has 0 aliphatic carbocycles. The summed E-state index contributed by atoms with van der Waals surface area (Å²) in [6.45, 7) is 4.71. The smallest absolute Gasteiger partial charge is 0.250 e. The Kier molecular flexibility index (Phi) is 9.63. The van der Waals surface area contributed by atoms with Gasteiger partial charge in [0, 0.05) is 11.1 Å². The van der Waals surface area contributed by atoms with Gasteiger partial charge in [0.05, 0.1) is 11.4 Å². The van der Waals surface area contributed by atoms with Crippen LogP contribution in [0.5, 0.6) is 0 Å². The zero-order valence-corrected chi connectivity index (χ0v) is 14.3. The van der Waals surface area contributed by atoms with Crippen molar-refractivity contribution in [2.45, 2.75) is 33.1 Å². The van der Waals surface area contributed by atoms with Crippen molar-refractivity contribution in [2.24, 2.45) is 0 Å². The van der Waals surface area contributed by atoms with Crippen molar-refractivity contribution in [3.63, 3.8) is 0 Å². The third-order valence-corrected chi connectivity index (χ3v) is 3.21. The van der Waals surface area contributed by atoms with Gasteiger partial charge in [0.2, 0.25) is 5.91 Å². The van der Waals surface area contributed by atoms with Crippen LogP contribution in [-0.4, -0.2) is 19.1 Å². The van der Waals surface area contributed by atoms with Crippen molar-refractivity contribution in [1.82, 2.24) is 0 Å². The van der Waals surface area contributed by atoms with Gasteiger partial charge in [-0.1, -0.05) is 35.7 Å². The maximum atomic E-state index is 11.7. The number of ether oxygens (including phenoxy) is 1.